The molecule has 0 spiro atoms. The molecule has 3 aliphatic rings. The van der Waals surface area contributed by atoms with Crippen molar-refractivity contribution in [2.24, 2.45) is 0 Å². The van der Waals surface area contributed by atoms with Crippen LogP contribution >= 0.6 is 21.6 Å². The van der Waals surface area contributed by atoms with Crippen molar-refractivity contribution in [3.05, 3.63) is 24.3 Å². The van der Waals surface area contributed by atoms with Crippen LogP contribution in [0.4, 0.5) is 11.4 Å². The van der Waals surface area contributed by atoms with Gasteiger partial charge in [0.05, 0.1) is 25.3 Å². The van der Waals surface area contributed by atoms with Crippen LogP contribution in [0.3, 0.4) is 0 Å². The molecule has 3 aliphatic heterocycles. The Balaban J connectivity index is 0. The molecule has 3 saturated heterocycles. The number of ether oxygens (including phenoxy) is 4. The number of unbranched alkanes of at least 4 members (excludes halogenated alkanes) is 1. The van der Waals surface area contributed by atoms with Crippen LogP contribution in [-0.2, 0) is 91.7 Å². The van der Waals surface area contributed by atoms with E-state index in [9.17, 15) is 96.9 Å². The average molecular weight is 1270 g/mol. The molecule has 77 heavy (non-hydrogen) atoms. The van der Waals surface area contributed by atoms with Crippen LogP contribution in [0, 0.1) is 0 Å². The van der Waals surface area contributed by atoms with Crippen LogP contribution < -0.4 is 169 Å². The molecule has 0 aliphatic carbocycles. The second-order valence-electron chi connectivity index (χ2n) is 15.7. The Morgan fingerprint density at radius 3 is 1.88 bits per heavy atom. The maximum absolute atomic E-state index is 12.6. The van der Waals surface area contributed by atoms with Gasteiger partial charge in [-0.25, -0.2) is 33.7 Å². The van der Waals surface area contributed by atoms with E-state index in [0.717, 1.165) is 25.0 Å². The largest absolute Gasteiger partial charge is 1.00 e. The molecule has 0 saturated carbocycles. The molecule has 4 rings (SSSR count). The second kappa shape index (κ2) is 37.1. The Morgan fingerprint density at radius 1 is 0.766 bits per heavy atom. The molecule has 3 heterocycles. The van der Waals surface area contributed by atoms with Gasteiger partial charge in [-0.3, -0.25) is 26.3 Å². The summed E-state index contributed by atoms with van der Waals surface area (Å²) in [5, 5.41) is 73.7. The van der Waals surface area contributed by atoms with E-state index in [-0.39, 0.29) is 160 Å². The monoisotopic (exact) mass is 1270 g/mol. The molecular formula is C34H48N3Na5O29S6. The number of carbonyl (C=O) groups excluding carboxylic acids is 3. The number of benzene rings is 1. The van der Waals surface area contributed by atoms with E-state index in [1.54, 1.807) is 12.1 Å². The molecule has 3 fully saturated rings. The van der Waals surface area contributed by atoms with Gasteiger partial charge < -0.3 is 88.5 Å². The molecule has 43 heteroatoms. The van der Waals surface area contributed by atoms with Crippen LogP contribution in [0.25, 0.3) is 0 Å². The topological polar surface area (TPSA) is 514 Å². The SMILES string of the molecule is CC(=O)N[C@H]1[C@@H](OC[C@@H](O)[C@@H](O)[C@H](O)[C@@H](O)CNc2cccc(NC(=O)CCCCC3CCSS3)c2)O[C@H](COS(=O)(=O)[O-])[C@H](OS(=O)(=O)[O-])[C@@H]1O[C@@H]1O[C@H](C(=O)[O-])[C@@H](O)[C@H](OS(=O)(=O)[O-])[C@H]1OS(=O)(=O)[O-].[Na+].[Na+].[Na+].[Na+].[Na+]. The second-order valence-corrected chi connectivity index (χ2v) is 22.6. The van der Waals surface area contributed by atoms with E-state index in [2.05, 4.69) is 27.4 Å². The first-order valence-electron chi connectivity index (χ1n) is 20.7. The fourth-order valence-electron chi connectivity index (χ4n) is 7.14. The van der Waals surface area contributed by atoms with Gasteiger partial charge >= 0.3 is 148 Å². The maximum atomic E-state index is 12.6. The first kappa shape index (κ1) is 81.3. The predicted molar refractivity (Wildman–Crippen MR) is 231 cm³/mol. The minimum atomic E-state index is -6.22. The molecule has 0 radical (unpaired) electrons. The van der Waals surface area contributed by atoms with E-state index >= 15 is 0 Å². The molecule has 8 N–H and O–H groups in total. The quantitative estimate of drug-likeness (QED) is 0.0127. The van der Waals surface area contributed by atoms with Gasteiger partial charge in [-0.1, -0.05) is 34.1 Å². The van der Waals surface area contributed by atoms with E-state index in [1.807, 2.05) is 26.9 Å². The molecule has 1 unspecified atom stereocenters. The summed E-state index contributed by atoms with van der Waals surface area (Å²) >= 11 is 0. The normalized spacial score (nSPS) is 27.2. The third kappa shape index (κ3) is 29.0. The summed E-state index contributed by atoms with van der Waals surface area (Å²) in [4.78, 5) is 37.1. The Morgan fingerprint density at radius 2 is 1.34 bits per heavy atom. The van der Waals surface area contributed by atoms with E-state index in [4.69, 9.17) is 18.9 Å². The summed E-state index contributed by atoms with van der Waals surface area (Å²) in [5.41, 5.74) is 0.694. The van der Waals surface area contributed by atoms with Gasteiger partial charge in [0.1, 0.15) is 61.0 Å². The zero-order valence-corrected chi connectivity index (χ0v) is 56.7. The molecule has 414 valence electrons. The van der Waals surface area contributed by atoms with E-state index < -0.39 is 159 Å². The number of rotatable bonds is 28. The number of amides is 2. The Kier molecular flexibility index (Phi) is 39.1. The number of aliphatic hydroxyl groups is 5. The summed E-state index contributed by atoms with van der Waals surface area (Å²) in [6, 6.07) is 3.79. The molecular weight excluding hydrogens is 1220 g/mol. The number of carboxylic acids is 1. The van der Waals surface area contributed by atoms with Crippen LogP contribution in [0.15, 0.2) is 24.3 Å². The Bertz CT molecular complexity index is 2460. The number of aliphatic carboxylic acids is 1. The van der Waals surface area contributed by atoms with Gasteiger partial charge in [-0.15, -0.1) is 0 Å². The number of carboxylic acid groups (broad SMARTS) is 1. The third-order valence-corrected chi connectivity index (χ3v) is 15.1. The van der Waals surface area contributed by atoms with Crippen LogP contribution in [0.1, 0.15) is 39.0 Å². The fraction of sp³-hybridized carbons (Fsp3) is 0.735. The van der Waals surface area contributed by atoms with Crippen LogP contribution in [0.2, 0.25) is 0 Å². The van der Waals surface area contributed by atoms with Crippen molar-refractivity contribution in [2.45, 2.75) is 130 Å². The van der Waals surface area contributed by atoms with Crippen molar-refractivity contribution < 1.29 is 280 Å². The van der Waals surface area contributed by atoms with E-state index in [1.165, 1.54) is 12.1 Å². The van der Waals surface area contributed by atoms with Gasteiger partial charge in [0, 0.05) is 42.3 Å². The molecule has 32 nitrogen and oxygen atoms in total. The van der Waals surface area contributed by atoms with Crippen LogP contribution in [-0.4, -0.2) is 212 Å². The smallest absolute Gasteiger partial charge is 0.726 e. The van der Waals surface area contributed by atoms with Crippen molar-refractivity contribution in [1.29, 1.82) is 0 Å². The Hall–Kier alpha value is 2.25. The van der Waals surface area contributed by atoms with E-state index in [0.29, 0.717) is 30.0 Å². The van der Waals surface area contributed by atoms with Crippen molar-refractivity contribution in [1.82, 2.24) is 5.32 Å². The molecule has 1 aromatic rings. The van der Waals surface area contributed by atoms with Crippen molar-refractivity contribution in [2.75, 3.05) is 36.1 Å². The van der Waals surface area contributed by atoms with Gasteiger partial charge in [0.2, 0.25) is 53.4 Å². The zero-order valence-electron chi connectivity index (χ0n) is 41.8. The molecule has 0 bridgehead atoms. The van der Waals surface area contributed by atoms with Crippen LogP contribution in [0.5, 0.6) is 0 Å². The van der Waals surface area contributed by atoms with Gasteiger partial charge in [0.25, 0.3) is 0 Å². The Labute approximate surface area is 561 Å². The summed E-state index contributed by atoms with van der Waals surface area (Å²) < 4.78 is 179. The number of carbonyl (C=O) groups is 3. The zero-order chi connectivity index (χ0) is 53.9. The fourth-order valence-corrected chi connectivity index (χ4v) is 11.9. The summed E-state index contributed by atoms with van der Waals surface area (Å²) in [7, 11) is -20.7. The summed E-state index contributed by atoms with van der Waals surface area (Å²) in [6.45, 7) is -2.83. The van der Waals surface area contributed by atoms with Crippen molar-refractivity contribution in [3.63, 3.8) is 0 Å². The minimum Gasteiger partial charge on any atom is -0.726 e. The number of aliphatic hydroxyl groups excluding tert-OH is 5. The first-order chi connectivity index (χ1) is 33.3. The first-order valence-corrected chi connectivity index (χ1v) is 28.4. The van der Waals surface area contributed by atoms with Crippen molar-refractivity contribution >= 4 is 92.3 Å². The number of anilines is 2. The van der Waals surface area contributed by atoms with Gasteiger partial charge in [-0.05, 0) is 37.5 Å². The van der Waals surface area contributed by atoms with Gasteiger partial charge in [-0.2, -0.15) is 0 Å². The molecule has 1 aromatic carbocycles. The molecule has 15 atom stereocenters. The molecule has 0 aromatic heterocycles. The van der Waals surface area contributed by atoms with Crippen molar-refractivity contribution in [3.8, 4) is 0 Å². The minimum absolute atomic E-state index is 0. The molecule has 2 amide bonds. The maximum Gasteiger partial charge on any atom is 1.00 e. The standard InChI is InChI=1S/C34H53N3O29S6.5Na/c1-15(38)36-23-28(62-34-31(66-72(56,57)58)29(65-71(53,54)55)26(44)30(63-34)32(45)46)27(64-70(50,51)52)21(14-60-69(47,48)49)61-33(23)59-13-20(40)25(43)24(42)19(39)12-35-16-5-4-6-17(11-16)37-22(41)8-3-2-7-18-9-10-67-68-18;;;;;/h4-6,11,18-21,23-31,33-35,39-40,42-44H,2-3,7-10,12-14H2,1H3,(H,36,38)(H,37,41)(H,45,46)(H,47,48,49)(H,50,51,52)(H,53,54,55)(H,56,57,58);;;;;/q;5*+1/p-5/t18?,19-,20+,21+,23+,24+,25+,26-,27-,28+,29-,30-,31+,33-,34+;;;;;/m0...../s1. The summed E-state index contributed by atoms with van der Waals surface area (Å²) in [6.07, 6.45) is -30.8. The average Bonchev–Trinajstić information content (AvgIpc) is 3.78. The van der Waals surface area contributed by atoms with Gasteiger partial charge in [0.15, 0.2) is 18.7 Å². The number of hydrogen-bond acceptors (Lipinski definition) is 32. The summed E-state index contributed by atoms with van der Waals surface area (Å²) in [5.74, 6) is -2.90. The third-order valence-electron chi connectivity index (χ3n) is 10.3. The predicted octanol–water partition coefficient (Wildman–Crippen LogP) is -21.3. The number of hydrogen-bond donors (Lipinski definition) is 8. The number of nitrogens with one attached hydrogen (secondary N) is 3.